The van der Waals surface area contributed by atoms with Crippen molar-refractivity contribution in [2.24, 2.45) is 0 Å². The fraction of sp³-hybridized carbons (Fsp3) is 0.190. The average molecular weight is 365 g/mol. The molecule has 6 nitrogen and oxygen atoms in total. The van der Waals surface area contributed by atoms with E-state index in [1.54, 1.807) is 21.3 Å². The summed E-state index contributed by atoms with van der Waals surface area (Å²) in [5, 5.41) is 4.98. The molecule has 6 heteroatoms. The minimum absolute atomic E-state index is 0.416. The van der Waals surface area contributed by atoms with Crippen LogP contribution in [0.5, 0.6) is 23.0 Å². The summed E-state index contributed by atoms with van der Waals surface area (Å²) < 4.78 is 21.7. The van der Waals surface area contributed by atoms with Crippen molar-refractivity contribution in [1.29, 1.82) is 0 Å². The highest BCUT2D eigenvalue weighted by Gasteiger charge is 2.31. The van der Waals surface area contributed by atoms with E-state index in [9.17, 15) is 4.79 Å². The molecule has 1 N–H and O–H groups in total. The molecule has 27 heavy (non-hydrogen) atoms. The summed E-state index contributed by atoms with van der Waals surface area (Å²) in [6.07, 6.45) is -0.503. The zero-order valence-electron chi connectivity index (χ0n) is 15.2. The van der Waals surface area contributed by atoms with E-state index in [1.807, 2.05) is 48.5 Å². The van der Waals surface area contributed by atoms with Crippen molar-refractivity contribution in [2.75, 3.05) is 21.3 Å². The number of amides is 1. The molecular weight excluding hydrogens is 346 g/mol. The number of fused-ring (bicyclic) bond motifs is 3. The molecule has 0 radical (unpaired) electrons. The van der Waals surface area contributed by atoms with Gasteiger partial charge in [-0.2, -0.15) is 0 Å². The number of rotatable bonds is 4. The number of hydrogen-bond acceptors (Lipinski definition) is 5. The second-order valence-corrected chi connectivity index (χ2v) is 6.12. The molecule has 1 aliphatic heterocycles. The molecule has 4 rings (SSSR count). The van der Waals surface area contributed by atoms with Crippen LogP contribution in [0.1, 0.15) is 17.2 Å². The highest BCUT2D eigenvalue weighted by atomic mass is 16.6. The lowest BCUT2D eigenvalue weighted by atomic mass is 9.91. The molecule has 0 saturated carbocycles. The normalized spacial score (nSPS) is 15.5. The van der Waals surface area contributed by atoms with E-state index >= 15 is 0 Å². The van der Waals surface area contributed by atoms with Crippen molar-refractivity contribution in [3.8, 4) is 23.0 Å². The molecule has 138 valence electrons. The molecule has 0 spiro atoms. The molecule has 3 aromatic carbocycles. The number of methoxy groups -OCH3 is 3. The van der Waals surface area contributed by atoms with Crippen LogP contribution < -0.4 is 24.3 Å². The highest BCUT2D eigenvalue weighted by molar-refractivity contribution is 5.91. The van der Waals surface area contributed by atoms with Crippen molar-refractivity contribution < 1.29 is 23.7 Å². The maximum atomic E-state index is 12.2. The second kappa shape index (κ2) is 6.72. The lowest BCUT2D eigenvalue weighted by molar-refractivity contribution is 0.191. The molecule has 1 amide bonds. The van der Waals surface area contributed by atoms with Crippen LogP contribution >= 0.6 is 0 Å². The van der Waals surface area contributed by atoms with E-state index in [0.717, 1.165) is 21.9 Å². The fourth-order valence-corrected chi connectivity index (χ4v) is 3.50. The minimum atomic E-state index is -0.503. The maximum Gasteiger partial charge on any atom is 0.413 e. The Bertz CT molecular complexity index is 1010. The average Bonchev–Trinajstić information content (AvgIpc) is 2.71. The van der Waals surface area contributed by atoms with Gasteiger partial charge in [0.15, 0.2) is 11.5 Å². The van der Waals surface area contributed by atoms with E-state index < -0.39 is 12.1 Å². The molecule has 3 aromatic rings. The van der Waals surface area contributed by atoms with Crippen molar-refractivity contribution in [3.05, 3.63) is 59.7 Å². The zero-order chi connectivity index (χ0) is 19.0. The summed E-state index contributed by atoms with van der Waals surface area (Å²) in [7, 11) is 4.68. The molecule has 1 atom stereocenters. The van der Waals surface area contributed by atoms with Gasteiger partial charge in [0.2, 0.25) is 5.75 Å². The Balaban J connectivity index is 1.96. The Morgan fingerprint density at radius 3 is 2.30 bits per heavy atom. The van der Waals surface area contributed by atoms with Gasteiger partial charge in [0.25, 0.3) is 0 Å². The lowest BCUT2D eigenvalue weighted by Gasteiger charge is -2.28. The van der Waals surface area contributed by atoms with Crippen LogP contribution in [0.15, 0.2) is 48.5 Å². The molecule has 0 aliphatic carbocycles. The summed E-state index contributed by atoms with van der Waals surface area (Å²) in [6.45, 7) is 0. The van der Waals surface area contributed by atoms with Crippen LogP contribution in [-0.2, 0) is 0 Å². The zero-order valence-corrected chi connectivity index (χ0v) is 15.2. The van der Waals surface area contributed by atoms with Crippen LogP contribution in [0.3, 0.4) is 0 Å². The van der Waals surface area contributed by atoms with Gasteiger partial charge < -0.3 is 24.3 Å². The first-order chi connectivity index (χ1) is 13.2. The van der Waals surface area contributed by atoms with Crippen molar-refractivity contribution >= 4 is 16.9 Å². The summed E-state index contributed by atoms with van der Waals surface area (Å²) in [4.78, 5) is 12.2. The molecular formula is C21H19NO5. The van der Waals surface area contributed by atoms with E-state index in [-0.39, 0.29) is 0 Å². The van der Waals surface area contributed by atoms with E-state index in [4.69, 9.17) is 18.9 Å². The first-order valence-electron chi connectivity index (χ1n) is 8.46. The first kappa shape index (κ1) is 17.0. The Labute approximate surface area is 156 Å². The Morgan fingerprint density at radius 1 is 0.926 bits per heavy atom. The van der Waals surface area contributed by atoms with Crippen molar-refractivity contribution in [1.82, 2.24) is 5.32 Å². The lowest BCUT2D eigenvalue weighted by Crippen LogP contribution is -2.36. The van der Waals surface area contributed by atoms with Gasteiger partial charge in [-0.15, -0.1) is 0 Å². The second-order valence-electron chi connectivity index (χ2n) is 6.12. The highest BCUT2D eigenvalue weighted by Crippen LogP contribution is 2.44. The third-order valence-corrected chi connectivity index (χ3v) is 4.70. The van der Waals surface area contributed by atoms with Gasteiger partial charge in [0.1, 0.15) is 5.75 Å². The first-order valence-corrected chi connectivity index (χ1v) is 8.46. The van der Waals surface area contributed by atoms with Crippen LogP contribution in [0.4, 0.5) is 4.79 Å². The van der Waals surface area contributed by atoms with Gasteiger partial charge in [0, 0.05) is 5.56 Å². The quantitative estimate of drug-likeness (QED) is 0.755. The van der Waals surface area contributed by atoms with Gasteiger partial charge >= 0.3 is 6.09 Å². The van der Waals surface area contributed by atoms with Crippen molar-refractivity contribution in [2.45, 2.75) is 6.04 Å². The Kier molecular flexibility index (Phi) is 4.24. The summed E-state index contributed by atoms with van der Waals surface area (Å²) >= 11 is 0. The monoisotopic (exact) mass is 365 g/mol. The summed E-state index contributed by atoms with van der Waals surface area (Å²) in [5.41, 5.74) is 1.70. The van der Waals surface area contributed by atoms with Gasteiger partial charge in [-0.1, -0.05) is 30.3 Å². The Morgan fingerprint density at radius 2 is 1.63 bits per heavy atom. The van der Waals surface area contributed by atoms with E-state index in [0.29, 0.717) is 23.0 Å². The van der Waals surface area contributed by atoms with Gasteiger partial charge in [-0.05, 0) is 34.5 Å². The molecule has 1 unspecified atom stereocenters. The number of benzene rings is 3. The maximum absolute atomic E-state index is 12.2. The fourth-order valence-electron chi connectivity index (χ4n) is 3.50. The van der Waals surface area contributed by atoms with Crippen LogP contribution in [0, 0.1) is 0 Å². The molecule has 1 heterocycles. The third kappa shape index (κ3) is 2.79. The molecule has 1 aliphatic rings. The van der Waals surface area contributed by atoms with Gasteiger partial charge in [0.05, 0.1) is 27.4 Å². The van der Waals surface area contributed by atoms with Crippen molar-refractivity contribution in [3.63, 3.8) is 0 Å². The number of carbonyl (C=O) groups excluding carboxylic acids is 1. The number of hydrogen-bond donors (Lipinski definition) is 1. The molecule has 0 saturated heterocycles. The van der Waals surface area contributed by atoms with Gasteiger partial charge in [-0.3, -0.25) is 0 Å². The molecule has 0 bridgehead atoms. The topological polar surface area (TPSA) is 66.0 Å². The minimum Gasteiger partial charge on any atom is -0.493 e. The smallest absolute Gasteiger partial charge is 0.413 e. The van der Waals surface area contributed by atoms with Crippen LogP contribution in [0.2, 0.25) is 0 Å². The molecule has 0 aromatic heterocycles. The summed E-state index contributed by atoms with van der Waals surface area (Å²) in [6, 6.07) is 15.0. The van der Waals surface area contributed by atoms with E-state index in [2.05, 4.69) is 5.32 Å². The summed E-state index contributed by atoms with van der Waals surface area (Å²) in [5.74, 6) is 2.08. The number of ether oxygens (including phenoxy) is 4. The van der Waals surface area contributed by atoms with Crippen LogP contribution in [-0.4, -0.2) is 27.4 Å². The SMILES string of the molecule is COc1cc(C2NC(=O)Oc3ccc4ccccc4c32)cc(OC)c1OC. The predicted octanol–water partition coefficient (Wildman–Crippen LogP) is 4.06. The standard InChI is InChI=1S/C21H19NO5/c1-24-16-10-13(11-17(25-2)20(16)26-3)19-18-14-7-5-4-6-12(14)8-9-15(18)27-21(23)22-19/h4-11,19H,1-3H3,(H,22,23). The molecule has 0 fully saturated rings. The number of carbonyl (C=O) groups is 1. The number of nitrogens with one attached hydrogen (secondary N) is 1. The Hall–Kier alpha value is -3.41. The predicted molar refractivity (Wildman–Crippen MR) is 101 cm³/mol. The van der Waals surface area contributed by atoms with Gasteiger partial charge in [-0.25, -0.2) is 4.79 Å². The van der Waals surface area contributed by atoms with E-state index in [1.165, 1.54) is 0 Å². The van der Waals surface area contributed by atoms with Crippen LogP contribution in [0.25, 0.3) is 10.8 Å². The largest absolute Gasteiger partial charge is 0.493 e. The third-order valence-electron chi connectivity index (χ3n) is 4.70.